The van der Waals surface area contributed by atoms with Crippen LogP contribution in [0.4, 0.5) is 0 Å². The molecule has 4 heteroatoms. The lowest BCUT2D eigenvalue weighted by molar-refractivity contribution is 0.436. The maximum Gasteiger partial charge on any atom is 0.172 e. The van der Waals surface area contributed by atoms with Gasteiger partial charge in [0.1, 0.15) is 0 Å². The third kappa shape index (κ3) is 0.760. The van der Waals surface area contributed by atoms with Gasteiger partial charge in [-0.05, 0) is 0 Å². The van der Waals surface area contributed by atoms with Gasteiger partial charge in [0.2, 0.25) is 0 Å². The fourth-order valence-electron chi connectivity index (χ4n) is 1.16. The van der Waals surface area contributed by atoms with Crippen LogP contribution >= 0.6 is 0 Å². The zero-order valence-corrected chi connectivity index (χ0v) is 5.55. The molecule has 50 valence electrons. The maximum absolute atomic E-state index is 5.49. The lowest BCUT2D eigenvalue weighted by atomic mass is 9.96. The molecular formula is C6H7BN2O. The standard InChI is InChI=1S/C6H7BN2O/c7-6-4-3-8-2-1-5(4)9-10-6/h8H,1-3H2. The lowest BCUT2D eigenvalue weighted by Gasteiger charge is -2.09. The van der Waals surface area contributed by atoms with Crippen LogP contribution in [0, 0.1) is 0 Å². The van der Waals surface area contributed by atoms with E-state index in [4.69, 9.17) is 12.4 Å². The van der Waals surface area contributed by atoms with Gasteiger partial charge in [0.25, 0.3) is 0 Å². The lowest BCUT2D eigenvalue weighted by Crippen LogP contribution is -2.26. The minimum absolute atomic E-state index is 0.460. The summed E-state index contributed by atoms with van der Waals surface area (Å²) < 4.78 is 4.81. The monoisotopic (exact) mass is 134 g/mol. The molecule has 1 aromatic rings. The molecule has 1 aliphatic heterocycles. The van der Waals surface area contributed by atoms with Crippen molar-refractivity contribution >= 4 is 13.5 Å². The molecular weight excluding hydrogens is 127 g/mol. The Morgan fingerprint density at radius 3 is 3.30 bits per heavy atom. The molecule has 0 saturated carbocycles. The second kappa shape index (κ2) is 2.13. The first-order chi connectivity index (χ1) is 4.88. The molecule has 0 amide bonds. The summed E-state index contributed by atoms with van der Waals surface area (Å²) in [7, 11) is 5.49. The molecule has 2 radical (unpaired) electrons. The third-order valence-corrected chi connectivity index (χ3v) is 1.74. The van der Waals surface area contributed by atoms with Crippen LogP contribution in [-0.2, 0) is 13.0 Å². The largest absolute Gasteiger partial charge is 0.373 e. The fourth-order valence-corrected chi connectivity index (χ4v) is 1.16. The molecule has 0 spiro atoms. The molecule has 2 heterocycles. The Morgan fingerprint density at radius 2 is 2.50 bits per heavy atom. The molecule has 1 N–H and O–H groups in total. The van der Waals surface area contributed by atoms with Gasteiger partial charge in [-0.3, -0.25) is 0 Å². The van der Waals surface area contributed by atoms with Gasteiger partial charge >= 0.3 is 0 Å². The van der Waals surface area contributed by atoms with Gasteiger partial charge in [-0.1, -0.05) is 5.16 Å². The summed E-state index contributed by atoms with van der Waals surface area (Å²) in [5.41, 5.74) is 2.50. The average Bonchev–Trinajstić information content (AvgIpc) is 2.34. The van der Waals surface area contributed by atoms with E-state index in [9.17, 15) is 0 Å². The predicted molar refractivity (Wildman–Crippen MR) is 37.3 cm³/mol. The molecule has 1 aromatic heterocycles. The summed E-state index contributed by atoms with van der Waals surface area (Å²) >= 11 is 0. The third-order valence-electron chi connectivity index (χ3n) is 1.74. The van der Waals surface area contributed by atoms with Crippen molar-refractivity contribution in [3.63, 3.8) is 0 Å². The first-order valence-corrected chi connectivity index (χ1v) is 3.31. The summed E-state index contributed by atoms with van der Waals surface area (Å²) in [4.78, 5) is 0. The highest BCUT2D eigenvalue weighted by Gasteiger charge is 2.14. The summed E-state index contributed by atoms with van der Waals surface area (Å²) in [6.07, 6.45) is 0.927. The van der Waals surface area contributed by atoms with E-state index in [2.05, 4.69) is 10.5 Å². The SMILES string of the molecule is [B]c1onc2c1CNCC2. The van der Waals surface area contributed by atoms with Crippen molar-refractivity contribution in [3.05, 3.63) is 11.3 Å². The number of nitrogens with one attached hydrogen (secondary N) is 1. The Hall–Kier alpha value is -0.765. The molecule has 0 atom stereocenters. The zero-order chi connectivity index (χ0) is 6.97. The highest BCUT2D eigenvalue weighted by Crippen LogP contribution is 2.07. The Kier molecular flexibility index (Phi) is 1.27. The minimum atomic E-state index is 0.460. The molecule has 1 aliphatic rings. The quantitative estimate of drug-likeness (QED) is 0.468. The highest BCUT2D eigenvalue weighted by atomic mass is 16.5. The normalized spacial score (nSPS) is 16.8. The van der Waals surface area contributed by atoms with E-state index < -0.39 is 0 Å². The first-order valence-electron chi connectivity index (χ1n) is 3.31. The molecule has 2 rings (SSSR count). The van der Waals surface area contributed by atoms with Crippen LogP contribution in [0.2, 0.25) is 0 Å². The van der Waals surface area contributed by atoms with E-state index in [0.717, 1.165) is 30.8 Å². The second-order valence-corrected chi connectivity index (χ2v) is 2.40. The van der Waals surface area contributed by atoms with Crippen molar-refractivity contribution in [2.45, 2.75) is 13.0 Å². The Bertz CT molecular complexity index is 246. The summed E-state index contributed by atoms with van der Waals surface area (Å²) in [5.74, 6) is 0. The van der Waals surface area contributed by atoms with Crippen LogP contribution in [0.3, 0.4) is 0 Å². The Morgan fingerprint density at radius 1 is 1.60 bits per heavy atom. The van der Waals surface area contributed by atoms with Gasteiger partial charge in [-0.15, -0.1) is 0 Å². The van der Waals surface area contributed by atoms with E-state index in [1.165, 1.54) is 0 Å². The number of hydrogen-bond acceptors (Lipinski definition) is 3. The van der Waals surface area contributed by atoms with Gasteiger partial charge in [0, 0.05) is 25.1 Å². The number of rotatable bonds is 0. The average molecular weight is 134 g/mol. The maximum atomic E-state index is 5.49. The topological polar surface area (TPSA) is 38.1 Å². The van der Waals surface area contributed by atoms with Crippen molar-refractivity contribution in [3.8, 4) is 0 Å². The van der Waals surface area contributed by atoms with Gasteiger partial charge < -0.3 is 9.84 Å². The van der Waals surface area contributed by atoms with Crippen LogP contribution < -0.4 is 11.0 Å². The van der Waals surface area contributed by atoms with Gasteiger partial charge in [-0.2, -0.15) is 0 Å². The molecule has 0 fully saturated rings. The van der Waals surface area contributed by atoms with Gasteiger partial charge in [0.05, 0.1) is 11.4 Å². The van der Waals surface area contributed by atoms with Crippen LogP contribution in [-0.4, -0.2) is 19.5 Å². The second-order valence-electron chi connectivity index (χ2n) is 2.40. The van der Waals surface area contributed by atoms with Crippen molar-refractivity contribution < 1.29 is 4.52 Å². The van der Waals surface area contributed by atoms with E-state index >= 15 is 0 Å². The predicted octanol–water partition coefficient (Wildman–Crippen LogP) is -0.886. The first kappa shape index (κ1) is 5.98. The molecule has 0 aromatic carbocycles. The van der Waals surface area contributed by atoms with E-state index in [1.807, 2.05) is 0 Å². The van der Waals surface area contributed by atoms with Crippen molar-refractivity contribution in [2.24, 2.45) is 0 Å². The van der Waals surface area contributed by atoms with Crippen molar-refractivity contribution in [2.75, 3.05) is 6.54 Å². The smallest absolute Gasteiger partial charge is 0.172 e. The molecule has 10 heavy (non-hydrogen) atoms. The van der Waals surface area contributed by atoms with E-state index in [0.29, 0.717) is 5.66 Å². The molecule has 3 nitrogen and oxygen atoms in total. The number of fused-ring (bicyclic) bond motifs is 1. The molecule has 0 bridgehead atoms. The number of nitrogens with zero attached hydrogens (tertiary/aromatic N) is 1. The number of hydrogen-bond donors (Lipinski definition) is 1. The number of aromatic nitrogens is 1. The van der Waals surface area contributed by atoms with Crippen molar-refractivity contribution in [1.82, 2.24) is 10.5 Å². The Balaban J connectivity index is 2.45. The Labute approximate surface area is 60.2 Å². The molecule has 0 aliphatic carbocycles. The van der Waals surface area contributed by atoms with Crippen LogP contribution in [0.25, 0.3) is 0 Å². The van der Waals surface area contributed by atoms with Gasteiger partial charge in [-0.25, -0.2) is 0 Å². The molecule has 0 unspecified atom stereocenters. The summed E-state index contributed by atoms with van der Waals surface area (Å²) in [6, 6.07) is 0. The van der Waals surface area contributed by atoms with E-state index in [-0.39, 0.29) is 0 Å². The van der Waals surface area contributed by atoms with E-state index in [1.54, 1.807) is 0 Å². The van der Waals surface area contributed by atoms with Crippen LogP contribution in [0.1, 0.15) is 11.3 Å². The van der Waals surface area contributed by atoms with Crippen LogP contribution in [0.15, 0.2) is 4.52 Å². The summed E-state index contributed by atoms with van der Waals surface area (Å²) in [6.45, 7) is 1.77. The fraction of sp³-hybridized carbons (Fsp3) is 0.500. The minimum Gasteiger partial charge on any atom is -0.373 e. The zero-order valence-electron chi connectivity index (χ0n) is 5.55. The van der Waals surface area contributed by atoms with Crippen LogP contribution in [0.5, 0.6) is 0 Å². The van der Waals surface area contributed by atoms with Crippen molar-refractivity contribution in [1.29, 1.82) is 0 Å². The summed E-state index contributed by atoms with van der Waals surface area (Å²) in [5, 5.41) is 7.00. The van der Waals surface area contributed by atoms with Gasteiger partial charge in [0.15, 0.2) is 7.85 Å². The molecule has 0 saturated heterocycles. The highest BCUT2D eigenvalue weighted by molar-refractivity contribution is 6.30.